The Morgan fingerprint density at radius 2 is 1.90 bits per heavy atom. The molecule has 20 heavy (non-hydrogen) atoms. The molecule has 1 heterocycles. The molecule has 1 aromatic carbocycles. The van der Waals surface area contributed by atoms with E-state index in [1.54, 1.807) is 12.1 Å². The fourth-order valence-electron chi connectivity index (χ4n) is 1.73. The number of aryl methyl sites for hydroxylation is 1. The molecule has 5 nitrogen and oxygen atoms in total. The molecule has 2 rings (SSSR count). The molecule has 0 fully saturated rings. The minimum atomic E-state index is -0.489. The number of benzene rings is 1. The number of hydrogen-bond acceptors (Lipinski definition) is 4. The largest absolute Gasteiger partial charge is 0.352 e. The molecule has 2 aromatic rings. The summed E-state index contributed by atoms with van der Waals surface area (Å²) in [6.07, 6.45) is 0. The van der Waals surface area contributed by atoms with Crippen molar-refractivity contribution in [2.45, 2.75) is 16.6 Å². The van der Waals surface area contributed by atoms with Crippen molar-refractivity contribution in [2.24, 2.45) is 0 Å². The van der Waals surface area contributed by atoms with Gasteiger partial charge in [-0.15, -0.1) is 0 Å². The summed E-state index contributed by atoms with van der Waals surface area (Å²) in [6.45, 7) is 1.54. The molecule has 0 unspecified atom stereocenters. The van der Waals surface area contributed by atoms with Gasteiger partial charge in [-0.2, -0.15) is 0 Å². The van der Waals surface area contributed by atoms with Crippen molar-refractivity contribution in [2.75, 3.05) is 0 Å². The zero-order valence-electron chi connectivity index (χ0n) is 10.2. The highest BCUT2D eigenvalue weighted by atomic mass is 79.9. The van der Waals surface area contributed by atoms with E-state index in [0.717, 1.165) is 5.56 Å². The van der Waals surface area contributed by atoms with Crippen LogP contribution in [-0.4, -0.2) is 10.1 Å². The Bertz CT molecular complexity index is 630. The van der Waals surface area contributed by atoms with Crippen LogP contribution in [0.5, 0.6) is 0 Å². The first-order valence-electron chi connectivity index (χ1n) is 5.56. The Hall–Kier alpha value is -0.920. The highest BCUT2D eigenvalue weighted by Gasteiger charge is 2.33. The van der Waals surface area contributed by atoms with E-state index in [-0.39, 0.29) is 22.0 Å². The molecule has 106 valence electrons. The molecule has 0 radical (unpaired) electrons. The van der Waals surface area contributed by atoms with Crippen LogP contribution in [0.25, 0.3) is 0 Å². The second-order valence-corrected chi connectivity index (χ2v) is 6.50. The molecule has 0 aliphatic heterocycles. The van der Waals surface area contributed by atoms with E-state index in [0.29, 0.717) is 5.02 Å². The molecule has 2 atom stereocenters. The summed E-state index contributed by atoms with van der Waals surface area (Å²) in [6, 6.07) is 7.19. The van der Waals surface area contributed by atoms with Gasteiger partial charge in [0.05, 0.1) is 14.6 Å². The standard InChI is InChI=1S/C12H9Br2ClN2O3/c1-6-11(17(18)19)12(20-16-6)10(14)9(13)7-2-4-8(15)5-3-7/h2-5,9-10H,1H3/t9-,10-/m0/s1. The third-order valence-electron chi connectivity index (χ3n) is 2.74. The second-order valence-electron chi connectivity index (χ2n) is 4.09. The van der Waals surface area contributed by atoms with E-state index in [4.69, 9.17) is 16.1 Å². The number of rotatable bonds is 4. The summed E-state index contributed by atoms with van der Waals surface area (Å²) >= 11 is 12.8. The van der Waals surface area contributed by atoms with E-state index in [9.17, 15) is 10.1 Å². The average Bonchev–Trinajstić information content (AvgIpc) is 2.80. The zero-order chi connectivity index (χ0) is 14.9. The molecule has 0 saturated heterocycles. The van der Waals surface area contributed by atoms with Crippen LogP contribution in [0.15, 0.2) is 28.8 Å². The number of hydrogen-bond donors (Lipinski definition) is 0. The van der Waals surface area contributed by atoms with E-state index in [1.807, 2.05) is 12.1 Å². The van der Waals surface area contributed by atoms with Crippen molar-refractivity contribution in [3.8, 4) is 0 Å². The minimum Gasteiger partial charge on any atom is -0.352 e. The van der Waals surface area contributed by atoms with Gasteiger partial charge < -0.3 is 4.52 Å². The second kappa shape index (κ2) is 6.24. The third kappa shape index (κ3) is 3.05. The van der Waals surface area contributed by atoms with Crippen LogP contribution >= 0.6 is 43.5 Å². The maximum atomic E-state index is 11.1. The van der Waals surface area contributed by atoms with Gasteiger partial charge in [0.2, 0.25) is 5.76 Å². The molecule has 0 N–H and O–H groups in total. The topological polar surface area (TPSA) is 69.2 Å². The number of halogens is 3. The first kappa shape index (κ1) is 15.5. The zero-order valence-corrected chi connectivity index (χ0v) is 14.1. The summed E-state index contributed by atoms with van der Waals surface area (Å²) in [5.41, 5.74) is 1.06. The first-order valence-corrected chi connectivity index (χ1v) is 7.77. The highest BCUT2D eigenvalue weighted by molar-refractivity contribution is 9.12. The Balaban J connectivity index is 2.33. The van der Waals surface area contributed by atoms with Crippen LogP contribution in [0.1, 0.15) is 26.7 Å². The minimum absolute atomic E-state index is 0.106. The number of aromatic nitrogens is 1. The lowest BCUT2D eigenvalue weighted by molar-refractivity contribution is -0.386. The predicted octanol–water partition coefficient (Wildman–Crippen LogP) is 5.12. The van der Waals surface area contributed by atoms with Gasteiger partial charge in [0, 0.05) is 5.02 Å². The van der Waals surface area contributed by atoms with Gasteiger partial charge in [-0.05, 0) is 24.6 Å². The molecule has 1 aromatic heterocycles. The molecule has 0 aliphatic carbocycles. The summed E-state index contributed by atoms with van der Waals surface area (Å²) in [4.78, 5) is 9.93. The van der Waals surface area contributed by atoms with Gasteiger partial charge >= 0.3 is 5.69 Å². The monoisotopic (exact) mass is 422 g/mol. The molecule has 0 saturated carbocycles. The molecular weight excluding hydrogens is 415 g/mol. The van der Waals surface area contributed by atoms with Crippen molar-refractivity contribution in [1.29, 1.82) is 0 Å². The van der Waals surface area contributed by atoms with Crippen LogP contribution in [0.2, 0.25) is 5.02 Å². The average molecular weight is 424 g/mol. The van der Waals surface area contributed by atoms with Crippen LogP contribution in [0.4, 0.5) is 5.69 Å². The SMILES string of the molecule is Cc1noc([C@@H](Br)[C@@H](Br)c2ccc(Cl)cc2)c1[N+](=O)[O-]. The van der Waals surface area contributed by atoms with Gasteiger partial charge in [0.25, 0.3) is 0 Å². The fourth-order valence-corrected chi connectivity index (χ4v) is 3.01. The maximum Gasteiger partial charge on any atom is 0.335 e. The van der Waals surface area contributed by atoms with Gasteiger partial charge in [-0.25, -0.2) is 0 Å². The van der Waals surface area contributed by atoms with Gasteiger partial charge in [0.1, 0.15) is 0 Å². The van der Waals surface area contributed by atoms with E-state index in [2.05, 4.69) is 37.0 Å². The molecule has 0 amide bonds. The Morgan fingerprint density at radius 1 is 1.30 bits per heavy atom. The summed E-state index contributed by atoms with van der Waals surface area (Å²) < 4.78 is 5.09. The Labute approximate surface area is 136 Å². The van der Waals surface area contributed by atoms with Crippen molar-refractivity contribution in [3.05, 3.63) is 56.4 Å². The molecule has 0 spiro atoms. The number of alkyl halides is 2. The normalized spacial score (nSPS) is 14.0. The first-order chi connectivity index (χ1) is 9.41. The Kier molecular flexibility index (Phi) is 4.82. The summed E-state index contributed by atoms with van der Waals surface area (Å²) in [5.74, 6) is 0.185. The lowest BCUT2D eigenvalue weighted by Crippen LogP contribution is -2.01. The fraction of sp³-hybridized carbons (Fsp3) is 0.250. The van der Waals surface area contributed by atoms with Crippen LogP contribution in [0, 0.1) is 17.0 Å². The van der Waals surface area contributed by atoms with E-state index in [1.165, 1.54) is 6.92 Å². The van der Waals surface area contributed by atoms with Crippen LogP contribution in [-0.2, 0) is 0 Å². The lowest BCUT2D eigenvalue weighted by Gasteiger charge is -2.14. The smallest absolute Gasteiger partial charge is 0.335 e. The third-order valence-corrected chi connectivity index (χ3v) is 5.70. The number of nitrogens with zero attached hydrogens (tertiary/aromatic N) is 2. The van der Waals surface area contributed by atoms with E-state index < -0.39 is 9.75 Å². The predicted molar refractivity (Wildman–Crippen MR) is 82.7 cm³/mol. The summed E-state index contributed by atoms with van der Waals surface area (Å²) in [5, 5.41) is 15.4. The van der Waals surface area contributed by atoms with Gasteiger partial charge in [-0.3, -0.25) is 10.1 Å². The maximum absolute atomic E-state index is 11.1. The van der Waals surface area contributed by atoms with Crippen molar-refractivity contribution in [3.63, 3.8) is 0 Å². The number of nitro groups is 1. The van der Waals surface area contributed by atoms with Crippen molar-refractivity contribution >= 4 is 49.1 Å². The quantitative estimate of drug-likeness (QED) is 0.388. The van der Waals surface area contributed by atoms with Gasteiger partial charge in [-0.1, -0.05) is 60.8 Å². The summed E-state index contributed by atoms with van der Waals surface area (Å²) in [7, 11) is 0. The molecular formula is C12H9Br2ClN2O3. The molecule has 0 bridgehead atoms. The van der Waals surface area contributed by atoms with Crippen molar-refractivity contribution in [1.82, 2.24) is 5.16 Å². The Morgan fingerprint density at radius 3 is 2.45 bits per heavy atom. The van der Waals surface area contributed by atoms with E-state index >= 15 is 0 Å². The molecule has 8 heteroatoms. The van der Waals surface area contributed by atoms with Crippen LogP contribution in [0.3, 0.4) is 0 Å². The lowest BCUT2D eigenvalue weighted by atomic mass is 10.1. The van der Waals surface area contributed by atoms with Crippen molar-refractivity contribution < 1.29 is 9.45 Å². The molecule has 0 aliphatic rings. The highest BCUT2D eigenvalue weighted by Crippen LogP contribution is 2.46. The van der Waals surface area contributed by atoms with Gasteiger partial charge in [0.15, 0.2) is 5.69 Å². The van der Waals surface area contributed by atoms with Crippen LogP contribution < -0.4 is 0 Å².